The second-order valence-electron chi connectivity index (χ2n) is 4.64. The van der Waals surface area contributed by atoms with Gasteiger partial charge >= 0.3 is 0 Å². The Balaban J connectivity index is 2.08. The van der Waals surface area contributed by atoms with Gasteiger partial charge in [0.1, 0.15) is 6.04 Å². The third-order valence-corrected chi connectivity index (χ3v) is 4.41. The SMILES string of the molecule is CC1(C)SC[C@H](C(=O)Nc2ccccc2)N1C=O. The molecule has 0 radical (unpaired) electrons. The van der Waals surface area contributed by atoms with Crippen LogP contribution in [0.3, 0.4) is 0 Å². The third-order valence-electron chi connectivity index (χ3n) is 3.01. The van der Waals surface area contributed by atoms with Crippen LogP contribution in [0, 0.1) is 0 Å². The maximum atomic E-state index is 12.1. The summed E-state index contributed by atoms with van der Waals surface area (Å²) in [5.74, 6) is 0.496. The van der Waals surface area contributed by atoms with E-state index in [2.05, 4.69) is 5.32 Å². The number of anilines is 1. The van der Waals surface area contributed by atoms with E-state index < -0.39 is 6.04 Å². The highest BCUT2D eigenvalue weighted by molar-refractivity contribution is 8.00. The fraction of sp³-hybridized carbons (Fsp3) is 0.385. The molecular formula is C13H16N2O2S. The highest BCUT2D eigenvalue weighted by Crippen LogP contribution is 2.37. The lowest BCUT2D eigenvalue weighted by Gasteiger charge is -2.30. The van der Waals surface area contributed by atoms with Crippen molar-refractivity contribution in [1.29, 1.82) is 0 Å². The molecule has 1 atom stereocenters. The van der Waals surface area contributed by atoms with Gasteiger partial charge in [-0.1, -0.05) is 18.2 Å². The lowest BCUT2D eigenvalue weighted by atomic mass is 10.2. The monoisotopic (exact) mass is 264 g/mol. The Morgan fingerprint density at radius 3 is 2.72 bits per heavy atom. The van der Waals surface area contributed by atoms with Gasteiger partial charge in [-0.25, -0.2) is 0 Å². The van der Waals surface area contributed by atoms with E-state index in [1.165, 1.54) is 0 Å². The standard InChI is InChI=1S/C13H16N2O2S/c1-13(2)15(9-16)11(8-18-13)12(17)14-10-6-4-3-5-7-10/h3-7,9,11H,8H2,1-2H3,(H,14,17)/t11-/m1/s1. The van der Waals surface area contributed by atoms with Gasteiger partial charge in [-0.3, -0.25) is 9.59 Å². The number of hydrogen-bond donors (Lipinski definition) is 1. The minimum absolute atomic E-state index is 0.133. The van der Waals surface area contributed by atoms with Crippen LogP contribution in [0.25, 0.3) is 0 Å². The zero-order chi connectivity index (χ0) is 13.2. The van der Waals surface area contributed by atoms with Crippen LogP contribution in [0.15, 0.2) is 30.3 Å². The maximum Gasteiger partial charge on any atom is 0.248 e. The molecule has 0 saturated carbocycles. The third kappa shape index (κ3) is 2.51. The maximum absolute atomic E-state index is 12.1. The van der Waals surface area contributed by atoms with Crippen LogP contribution in [0.1, 0.15) is 13.8 Å². The van der Waals surface area contributed by atoms with Crippen LogP contribution < -0.4 is 5.32 Å². The van der Waals surface area contributed by atoms with Gasteiger partial charge in [0, 0.05) is 11.4 Å². The number of amides is 2. The van der Waals surface area contributed by atoms with Crippen molar-refractivity contribution in [3.05, 3.63) is 30.3 Å². The smallest absolute Gasteiger partial charge is 0.248 e. The second kappa shape index (κ2) is 5.02. The summed E-state index contributed by atoms with van der Waals surface area (Å²) in [6.07, 6.45) is 0.759. The van der Waals surface area contributed by atoms with Gasteiger partial charge in [-0.05, 0) is 26.0 Å². The molecule has 1 fully saturated rings. The van der Waals surface area contributed by atoms with Gasteiger partial charge < -0.3 is 10.2 Å². The van der Waals surface area contributed by atoms with E-state index in [1.807, 2.05) is 44.2 Å². The van der Waals surface area contributed by atoms with Crippen LogP contribution >= 0.6 is 11.8 Å². The molecule has 96 valence electrons. The van der Waals surface area contributed by atoms with Crippen molar-refractivity contribution >= 4 is 29.8 Å². The van der Waals surface area contributed by atoms with Crippen molar-refractivity contribution in [3.63, 3.8) is 0 Å². The van der Waals surface area contributed by atoms with E-state index in [0.717, 1.165) is 12.1 Å². The Hall–Kier alpha value is -1.49. The molecule has 1 aromatic rings. The summed E-state index contributed by atoms with van der Waals surface area (Å²) in [7, 11) is 0. The average molecular weight is 264 g/mol. The summed E-state index contributed by atoms with van der Waals surface area (Å²) in [4.78, 5) is 24.5. The zero-order valence-corrected chi connectivity index (χ0v) is 11.2. The molecule has 0 aromatic heterocycles. The summed E-state index contributed by atoms with van der Waals surface area (Å²) >= 11 is 1.61. The number of carbonyl (C=O) groups excluding carboxylic acids is 2. The van der Waals surface area contributed by atoms with Crippen LogP contribution in [0.2, 0.25) is 0 Å². The minimum atomic E-state index is -0.400. The summed E-state index contributed by atoms with van der Waals surface area (Å²) in [6, 6.07) is 8.87. The molecule has 2 rings (SSSR count). The van der Waals surface area contributed by atoms with Gasteiger partial charge in [-0.15, -0.1) is 11.8 Å². The lowest BCUT2D eigenvalue weighted by Crippen LogP contribution is -2.47. The Kier molecular flexibility index (Phi) is 3.61. The molecule has 18 heavy (non-hydrogen) atoms. The second-order valence-corrected chi connectivity index (χ2v) is 6.26. The van der Waals surface area contributed by atoms with Gasteiger partial charge in [0.15, 0.2) is 0 Å². The van der Waals surface area contributed by atoms with Crippen molar-refractivity contribution in [1.82, 2.24) is 4.90 Å². The van der Waals surface area contributed by atoms with Gasteiger partial charge in [0.25, 0.3) is 0 Å². The highest BCUT2D eigenvalue weighted by Gasteiger charge is 2.42. The average Bonchev–Trinajstić information content (AvgIpc) is 2.65. The van der Waals surface area contributed by atoms with Crippen molar-refractivity contribution in [3.8, 4) is 0 Å². The summed E-state index contributed by atoms with van der Waals surface area (Å²) < 4.78 is 0. The number of nitrogens with zero attached hydrogens (tertiary/aromatic N) is 1. The first-order valence-corrected chi connectivity index (χ1v) is 6.77. The minimum Gasteiger partial charge on any atom is -0.324 e. The first kappa shape index (κ1) is 13.0. The molecule has 1 aromatic carbocycles. The zero-order valence-electron chi connectivity index (χ0n) is 10.4. The Bertz CT molecular complexity index is 448. The van der Waals surface area contributed by atoms with E-state index in [-0.39, 0.29) is 10.8 Å². The number of carbonyl (C=O) groups is 2. The molecule has 0 spiro atoms. The molecule has 1 N–H and O–H groups in total. The van der Waals surface area contributed by atoms with E-state index in [1.54, 1.807) is 16.7 Å². The molecule has 2 amide bonds. The van der Waals surface area contributed by atoms with Crippen LogP contribution in [-0.4, -0.2) is 33.9 Å². The number of para-hydroxylation sites is 1. The van der Waals surface area contributed by atoms with Crippen molar-refractivity contribution in [2.24, 2.45) is 0 Å². The normalized spacial score (nSPS) is 21.7. The Morgan fingerprint density at radius 1 is 1.44 bits per heavy atom. The van der Waals surface area contributed by atoms with Crippen molar-refractivity contribution in [2.45, 2.75) is 24.8 Å². The predicted molar refractivity (Wildman–Crippen MR) is 73.3 cm³/mol. The number of benzene rings is 1. The fourth-order valence-corrected chi connectivity index (χ4v) is 3.16. The highest BCUT2D eigenvalue weighted by atomic mass is 32.2. The molecule has 0 unspecified atom stereocenters. The molecule has 1 aliphatic heterocycles. The first-order valence-electron chi connectivity index (χ1n) is 5.78. The summed E-state index contributed by atoms with van der Waals surface area (Å²) in [6.45, 7) is 3.89. The molecule has 0 aliphatic carbocycles. The van der Waals surface area contributed by atoms with E-state index in [4.69, 9.17) is 0 Å². The molecule has 5 heteroatoms. The van der Waals surface area contributed by atoms with E-state index in [0.29, 0.717) is 5.75 Å². The Morgan fingerprint density at radius 2 is 2.11 bits per heavy atom. The first-order chi connectivity index (χ1) is 8.54. The number of rotatable bonds is 3. The van der Waals surface area contributed by atoms with E-state index >= 15 is 0 Å². The summed E-state index contributed by atoms with van der Waals surface area (Å²) in [5.41, 5.74) is 0.753. The van der Waals surface area contributed by atoms with Gasteiger partial charge in [-0.2, -0.15) is 0 Å². The molecular weight excluding hydrogens is 248 g/mol. The largest absolute Gasteiger partial charge is 0.324 e. The molecule has 1 aliphatic rings. The molecule has 0 bridgehead atoms. The Labute approximate surface area is 111 Å². The number of hydrogen-bond acceptors (Lipinski definition) is 3. The number of nitrogens with one attached hydrogen (secondary N) is 1. The number of thioether (sulfide) groups is 1. The van der Waals surface area contributed by atoms with Gasteiger partial charge in [0.05, 0.1) is 4.87 Å². The summed E-state index contributed by atoms with van der Waals surface area (Å²) in [5, 5.41) is 2.83. The molecule has 1 heterocycles. The quantitative estimate of drug-likeness (QED) is 0.849. The van der Waals surface area contributed by atoms with Crippen molar-refractivity contribution < 1.29 is 9.59 Å². The lowest BCUT2D eigenvalue weighted by molar-refractivity contribution is -0.130. The van der Waals surface area contributed by atoms with Gasteiger partial charge in [0.2, 0.25) is 12.3 Å². The molecule has 1 saturated heterocycles. The van der Waals surface area contributed by atoms with Crippen molar-refractivity contribution in [2.75, 3.05) is 11.1 Å². The van der Waals surface area contributed by atoms with Crippen LogP contribution in [0.4, 0.5) is 5.69 Å². The van der Waals surface area contributed by atoms with E-state index in [9.17, 15) is 9.59 Å². The topological polar surface area (TPSA) is 49.4 Å². The van der Waals surface area contributed by atoms with Crippen LogP contribution in [-0.2, 0) is 9.59 Å². The predicted octanol–water partition coefficient (Wildman–Crippen LogP) is 1.93. The fourth-order valence-electron chi connectivity index (χ4n) is 1.96. The molecule has 4 nitrogen and oxygen atoms in total. The van der Waals surface area contributed by atoms with Crippen LogP contribution in [0.5, 0.6) is 0 Å².